The van der Waals surface area contributed by atoms with Crippen molar-refractivity contribution in [3.05, 3.63) is 62.1 Å². The lowest BCUT2D eigenvalue weighted by molar-refractivity contribution is -0.385. The molecule has 1 atom stereocenters. The van der Waals surface area contributed by atoms with Gasteiger partial charge in [0.05, 0.1) is 24.4 Å². The summed E-state index contributed by atoms with van der Waals surface area (Å²) in [6.07, 6.45) is 1.36. The minimum absolute atomic E-state index is 0.0496. The molecule has 0 aliphatic rings. The molecule has 0 aliphatic carbocycles. The molecular formula is C19H22BrNO6S. The summed E-state index contributed by atoms with van der Waals surface area (Å²) in [6, 6.07) is 9.99. The molecule has 0 fully saturated rings. The highest BCUT2D eigenvalue weighted by Gasteiger charge is 2.24. The molecule has 0 saturated carbocycles. The zero-order valence-corrected chi connectivity index (χ0v) is 18.2. The van der Waals surface area contributed by atoms with Crippen LogP contribution in [-0.4, -0.2) is 39.1 Å². The molecule has 0 N–H and O–H groups in total. The molecule has 9 heteroatoms. The summed E-state index contributed by atoms with van der Waals surface area (Å²) < 4.78 is 35.5. The van der Waals surface area contributed by atoms with Gasteiger partial charge in [-0.05, 0) is 37.1 Å². The molecule has 0 saturated heterocycles. The van der Waals surface area contributed by atoms with Gasteiger partial charge in [-0.1, -0.05) is 28.1 Å². The smallest absolute Gasteiger partial charge is 0.273 e. The van der Waals surface area contributed by atoms with Gasteiger partial charge in [0.1, 0.15) is 9.84 Å². The fourth-order valence-electron chi connectivity index (χ4n) is 3.00. The number of sulfone groups is 1. The van der Waals surface area contributed by atoms with Gasteiger partial charge in [0, 0.05) is 28.3 Å². The van der Waals surface area contributed by atoms with Crippen LogP contribution >= 0.6 is 15.9 Å². The first kappa shape index (κ1) is 22.2. The summed E-state index contributed by atoms with van der Waals surface area (Å²) in [6.45, 7) is 2.26. The van der Waals surface area contributed by atoms with Crippen molar-refractivity contribution >= 4 is 31.5 Å². The predicted molar refractivity (Wildman–Crippen MR) is 111 cm³/mol. The van der Waals surface area contributed by atoms with E-state index >= 15 is 0 Å². The van der Waals surface area contributed by atoms with E-state index in [-0.39, 0.29) is 17.9 Å². The maximum atomic E-state index is 12.0. The standard InChI is InChI=1S/C19H22BrNO6S/c1-4-27-19-10-13(6-8-18(19)26-2)15(12-28(3,24)25)9-14-5-7-16(20)11-17(14)21(22)23/h5-8,10-11,15H,4,9,12H2,1-3H3/t15-/m1/s1. The third-order valence-electron chi connectivity index (χ3n) is 4.17. The molecule has 2 rings (SSSR count). The van der Waals surface area contributed by atoms with Gasteiger partial charge in [0.25, 0.3) is 5.69 Å². The summed E-state index contributed by atoms with van der Waals surface area (Å²) in [5, 5.41) is 11.4. The van der Waals surface area contributed by atoms with Crippen LogP contribution in [-0.2, 0) is 16.3 Å². The van der Waals surface area contributed by atoms with Crippen molar-refractivity contribution in [3.8, 4) is 11.5 Å². The lowest BCUT2D eigenvalue weighted by Crippen LogP contribution is -2.16. The number of halogens is 1. The van der Waals surface area contributed by atoms with E-state index in [0.29, 0.717) is 33.7 Å². The van der Waals surface area contributed by atoms with Crippen LogP contribution in [0.2, 0.25) is 0 Å². The fourth-order valence-corrected chi connectivity index (χ4v) is 4.39. The van der Waals surface area contributed by atoms with Crippen molar-refractivity contribution in [1.29, 1.82) is 0 Å². The second-order valence-electron chi connectivity index (χ2n) is 6.37. The van der Waals surface area contributed by atoms with E-state index in [1.807, 2.05) is 6.92 Å². The second-order valence-corrected chi connectivity index (χ2v) is 9.47. The average Bonchev–Trinajstić information content (AvgIpc) is 2.61. The van der Waals surface area contributed by atoms with Gasteiger partial charge in [0.15, 0.2) is 11.5 Å². The summed E-state index contributed by atoms with van der Waals surface area (Å²) in [5.74, 6) is 0.433. The van der Waals surface area contributed by atoms with Crippen molar-refractivity contribution < 1.29 is 22.8 Å². The Morgan fingerprint density at radius 2 is 1.89 bits per heavy atom. The molecule has 0 aromatic heterocycles. The Labute approximate surface area is 172 Å². The van der Waals surface area contributed by atoms with Crippen LogP contribution in [0.3, 0.4) is 0 Å². The Balaban J connectivity index is 2.50. The largest absolute Gasteiger partial charge is 0.493 e. The molecule has 152 valence electrons. The van der Waals surface area contributed by atoms with Crippen molar-refractivity contribution in [2.45, 2.75) is 19.3 Å². The highest BCUT2D eigenvalue weighted by Crippen LogP contribution is 2.34. The van der Waals surface area contributed by atoms with E-state index < -0.39 is 20.7 Å². The highest BCUT2D eigenvalue weighted by molar-refractivity contribution is 9.10. The van der Waals surface area contributed by atoms with Gasteiger partial charge in [-0.15, -0.1) is 0 Å². The Kier molecular flexibility index (Phi) is 7.42. The Morgan fingerprint density at radius 1 is 1.18 bits per heavy atom. The monoisotopic (exact) mass is 471 g/mol. The maximum absolute atomic E-state index is 12.0. The SMILES string of the molecule is CCOc1cc([C@H](Cc2ccc(Br)cc2[N+](=O)[O-])CS(C)(=O)=O)ccc1OC. The normalized spacial score (nSPS) is 12.4. The van der Waals surface area contributed by atoms with Crippen molar-refractivity contribution in [3.63, 3.8) is 0 Å². The number of nitrogens with zero attached hydrogens (tertiary/aromatic N) is 1. The van der Waals surface area contributed by atoms with Crippen LogP contribution in [0.1, 0.15) is 24.0 Å². The van der Waals surface area contributed by atoms with Gasteiger partial charge >= 0.3 is 0 Å². The quantitative estimate of drug-likeness (QED) is 0.402. The second kappa shape index (κ2) is 9.38. The van der Waals surface area contributed by atoms with Gasteiger partial charge in [-0.2, -0.15) is 0 Å². The van der Waals surface area contributed by atoms with Crippen molar-refractivity contribution in [2.75, 3.05) is 25.7 Å². The first-order valence-electron chi connectivity index (χ1n) is 8.56. The summed E-state index contributed by atoms with van der Waals surface area (Å²) >= 11 is 3.24. The predicted octanol–water partition coefficient (Wildman–Crippen LogP) is 4.14. The van der Waals surface area contributed by atoms with Gasteiger partial charge in [-0.3, -0.25) is 10.1 Å². The van der Waals surface area contributed by atoms with Crippen molar-refractivity contribution in [2.24, 2.45) is 0 Å². The zero-order valence-electron chi connectivity index (χ0n) is 15.8. The van der Waals surface area contributed by atoms with E-state index in [2.05, 4.69) is 15.9 Å². The lowest BCUT2D eigenvalue weighted by Gasteiger charge is -2.19. The average molecular weight is 472 g/mol. The molecule has 0 spiro atoms. The Hall–Kier alpha value is -2.13. The minimum Gasteiger partial charge on any atom is -0.493 e. The van der Waals surface area contributed by atoms with Crippen LogP contribution in [0.4, 0.5) is 5.69 Å². The van der Waals surface area contributed by atoms with E-state index in [1.165, 1.54) is 13.2 Å². The molecule has 7 nitrogen and oxygen atoms in total. The number of methoxy groups -OCH3 is 1. The summed E-state index contributed by atoms with van der Waals surface area (Å²) in [7, 11) is -1.80. The summed E-state index contributed by atoms with van der Waals surface area (Å²) in [4.78, 5) is 11.0. The number of nitro benzene ring substituents is 1. The van der Waals surface area contributed by atoms with E-state index in [0.717, 1.165) is 6.26 Å². The first-order chi connectivity index (χ1) is 13.1. The number of ether oxygens (including phenoxy) is 2. The van der Waals surface area contributed by atoms with E-state index in [9.17, 15) is 18.5 Å². The molecule has 0 bridgehead atoms. The van der Waals surface area contributed by atoms with Crippen molar-refractivity contribution in [1.82, 2.24) is 0 Å². The number of nitro groups is 1. The number of rotatable bonds is 9. The molecule has 0 radical (unpaired) electrons. The molecule has 0 unspecified atom stereocenters. The van der Waals surface area contributed by atoms with Crippen LogP contribution in [0.15, 0.2) is 40.9 Å². The van der Waals surface area contributed by atoms with Crippen LogP contribution in [0.5, 0.6) is 11.5 Å². The maximum Gasteiger partial charge on any atom is 0.273 e. The third-order valence-corrected chi connectivity index (χ3v) is 5.67. The molecule has 28 heavy (non-hydrogen) atoms. The molecule has 2 aromatic carbocycles. The zero-order chi connectivity index (χ0) is 20.9. The van der Waals surface area contributed by atoms with Gasteiger partial charge in [-0.25, -0.2) is 8.42 Å². The van der Waals surface area contributed by atoms with Crippen LogP contribution < -0.4 is 9.47 Å². The number of hydrogen-bond acceptors (Lipinski definition) is 6. The van der Waals surface area contributed by atoms with Gasteiger partial charge in [0.2, 0.25) is 0 Å². The van der Waals surface area contributed by atoms with Gasteiger partial charge < -0.3 is 9.47 Å². The molecule has 0 amide bonds. The number of benzene rings is 2. The summed E-state index contributed by atoms with van der Waals surface area (Å²) in [5.41, 5.74) is 1.13. The third kappa shape index (κ3) is 5.93. The van der Waals surface area contributed by atoms with E-state index in [1.54, 1.807) is 30.3 Å². The van der Waals surface area contributed by atoms with E-state index in [4.69, 9.17) is 9.47 Å². The van der Waals surface area contributed by atoms with Crippen LogP contribution in [0, 0.1) is 10.1 Å². The Bertz CT molecular complexity index is 961. The molecule has 2 aromatic rings. The highest BCUT2D eigenvalue weighted by atomic mass is 79.9. The molecule has 0 aliphatic heterocycles. The Morgan fingerprint density at radius 3 is 2.46 bits per heavy atom. The van der Waals surface area contributed by atoms with Crippen LogP contribution in [0.25, 0.3) is 0 Å². The minimum atomic E-state index is -3.32. The molecule has 0 heterocycles. The lowest BCUT2D eigenvalue weighted by atomic mass is 9.92. The topological polar surface area (TPSA) is 95.7 Å². The molecular weight excluding hydrogens is 450 g/mol. The first-order valence-corrected chi connectivity index (χ1v) is 11.4. The fraction of sp³-hybridized carbons (Fsp3) is 0.368. The number of hydrogen-bond donors (Lipinski definition) is 0.